The van der Waals surface area contributed by atoms with Crippen LogP contribution in [0.4, 0.5) is 0 Å². The summed E-state index contributed by atoms with van der Waals surface area (Å²) in [5.41, 5.74) is 0. The second-order valence-electron chi connectivity index (χ2n) is 1.99. The van der Waals surface area contributed by atoms with Crippen molar-refractivity contribution in [2.75, 3.05) is 11.8 Å². The predicted octanol–water partition coefficient (Wildman–Crippen LogP) is 3.31. The Balaban J connectivity index is 3.76. The Labute approximate surface area is 82.6 Å². The summed E-state index contributed by atoms with van der Waals surface area (Å²) in [4.78, 5) is 0. The summed E-state index contributed by atoms with van der Waals surface area (Å²) in [7, 11) is 0. The fourth-order valence-corrected chi connectivity index (χ4v) is 2.04. The fourth-order valence-electron chi connectivity index (χ4n) is 0.534. The first kappa shape index (κ1) is 11.4. The lowest BCUT2D eigenvalue weighted by atomic mass is 10.5. The van der Waals surface area contributed by atoms with E-state index >= 15 is 0 Å². The van der Waals surface area contributed by atoms with Gasteiger partial charge in [0.2, 0.25) is 0 Å². The van der Waals surface area contributed by atoms with Crippen LogP contribution in [-0.4, -0.2) is 22.3 Å². The van der Waals surface area contributed by atoms with Crippen LogP contribution in [0.3, 0.4) is 0 Å². The van der Waals surface area contributed by atoms with Crippen molar-refractivity contribution < 1.29 is 0 Å². The summed E-state index contributed by atoms with van der Waals surface area (Å²) >= 11 is 13.0. The summed E-state index contributed by atoms with van der Waals surface area (Å²) in [6, 6.07) is 0. The van der Waals surface area contributed by atoms with Gasteiger partial charge >= 0.3 is 0 Å². The van der Waals surface area contributed by atoms with Gasteiger partial charge < -0.3 is 0 Å². The molecule has 3 heteroatoms. The molecule has 0 aromatic rings. The summed E-state index contributed by atoms with van der Waals surface area (Å²) < 4.78 is 0. The standard InChI is InChI=1S/C8H12Cl2S/c1-3-7(5-9)11-8(4-2)6-10/h3-4,7-8H,1-2,5-6H2. The Morgan fingerprint density at radius 2 is 1.45 bits per heavy atom. The molecule has 0 aliphatic carbocycles. The maximum atomic E-state index is 5.66. The first-order valence-electron chi connectivity index (χ1n) is 3.31. The van der Waals surface area contributed by atoms with Crippen molar-refractivity contribution in [3.05, 3.63) is 25.3 Å². The van der Waals surface area contributed by atoms with Crippen molar-refractivity contribution in [1.82, 2.24) is 0 Å². The van der Waals surface area contributed by atoms with Crippen LogP contribution in [0.2, 0.25) is 0 Å². The van der Waals surface area contributed by atoms with Gasteiger partial charge in [-0.1, -0.05) is 12.2 Å². The van der Waals surface area contributed by atoms with Crippen LogP contribution in [0.15, 0.2) is 25.3 Å². The summed E-state index contributed by atoms with van der Waals surface area (Å²) in [6.45, 7) is 7.34. The van der Waals surface area contributed by atoms with Gasteiger partial charge in [0.15, 0.2) is 0 Å². The van der Waals surface area contributed by atoms with E-state index in [0.717, 1.165) is 0 Å². The molecule has 0 N–H and O–H groups in total. The zero-order chi connectivity index (χ0) is 8.69. The van der Waals surface area contributed by atoms with Crippen LogP contribution >= 0.6 is 35.0 Å². The van der Waals surface area contributed by atoms with Gasteiger partial charge in [0.25, 0.3) is 0 Å². The maximum Gasteiger partial charge on any atom is 0.0377 e. The van der Waals surface area contributed by atoms with Crippen molar-refractivity contribution in [3.8, 4) is 0 Å². The van der Waals surface area contributed by atoms with Crippen molar-refractivity contribution in [1.29, 1.82) is 0 Å². The Kier molecular flexibility index (Phi) is 7.34. The molecule has 0 fully saturated rings. The highest BCUT2D eigenvalue weighted by molar-refractivity contribution is 8.01. The number of rotatable bonds is 6. The molecule has 0 aromatic carbocycles. The molecule has 0 aromatic heterocycles. The van der Waals surface area contributed by atoms with Gasteiger partial charge in [-0.05, 0) is 0 Å². The molecule has 0 saturated heterocycles. The Morgan fingerprint density at radius 1 is 1.09 bits per heavy atom. The molecule has 2 unspecified atom stereocenters. The van der Waals surface area contributed by atoms with E-state index in [0.29, 0.717) is 11.8 Å². The van der Waals surface area contributed by atoms with Crippen LogP contribution in [0.1, 0.15) is 0 Å². The molecule has 0 aliphatic rings. The molecule has 0 saturated carbocycles. The number of alkyl halides is 2. The molecule has 0 heterocycles. The highest BCUT2D eigenvalue weighted by Gasteiger charge is 2.09. The van der Waals surface area contributed by atoms with Crippen LogP contribution in [0.5, 0.6) is 0 Å². The summed E-state index contributed by atoms with van der Waals surface area (Å²) in [5.74, 6) is 1.16. The number of hydrogen-bond donors (Lipinski definition) is 0. The van der Waals surface area contributed by atoms with Crippen LogP contribution in [-0.2, 0) is 0 Å². The van der Waals surface area contributed by atoms with Crippen LogP contribution in [0.25, 0.3) is 0 Å². The van der Waals surface area contributed by atoms with Crippen molar-refractivity contribution in [2.45, 2.75) is 10.5 Å². The Bertz CT molecular complexity index is 111. The van der Waals surface area contributed by atoms with E-state index in [1.807, 2.05) is 12.2 Å². The third-order valence-corrected chi connectivity index (χ3v) is 3.63. The minimum absolute atomic E-state index is 0.276. The topological polar surface area (TPSA) is 0 Å². The molecule has 64 valence electrons. The minimum Gasteiger partial charge on any atom is -0.144 e. The van der Waals surface area contributed by atoms with Gasteiger partial charge in [-0.25, -0.2) is 0 Å². The smallest absolute Gasteiger partial charge is 0.0377 e. The highest BCUT2D eigenvalue weighted by Crippen LogP contribution is 2.21. The van der Waals surface area contributed by atoms with E-state index in [-0.39, 0.29) is 10.5 Å². The minimum atomic E-state index is 0.276. The van der Waals surface area contributed by atoms with Crippen LogP contribution < -0.4 is 0 Å². The van der Waals surface area contributed by atoms with Gasteiger partial charge in [0.05, 0.1) is 0 Å². The largest absolute Gasteiger partial charge is 0.144 e. The van der Waals surface area contributed by atoms with Gasteiger partial charge in [-0.3, -0.25) is 0 Å². The summed E-state index contributed by atoms with van der Waals surface area (Å²) in [5, 5.41) is 0.553. The molecule has 0 nitrogen and oxygen atoms in total. The van der Waals surface area contributed by atoms with E-state index in [1.54, 1.807) is 11.8 Å². The fraction of sp³-hybridized carbons (Fsp3) is 0.500. The molecule has 0 spiro atoms. The molecule has 0 aliphatic heterocycles. The summed E-state index contributed by atoms with van der Waals surface area (Å²) in [6.07, 6.45) is 3.67. The molecule has 11 heavy (non-hydrogen) atoms. The average Bonchev–Trinajstić information content (AvgIpc) is 2.07. The van der Waals surface area contributed by atoms with Crippen LogP contribution in [0, 0.1) is 0 Å². The predicted molar refractivity (Wildman–Crippen MR) is 57.0 cm³/mol. The number of thioether (sulfide) groups is 1. The van der Waals surface area contributed by atoms with Gasteiger partial charge in [-0.2, -0.15) is 0 Å². The molecule has 2 atom stereocenters. The Hall–Kier alpha value is 0.410. The van der Waals surface area contributed by atoms with Gasteiger partial charge in [0, 0.05) is 22.3 Å². The third kappa shape index (κ3) is 4.78. The van der Waals surface area contributed by atoms with Crippen molar-refractivity contribution >= 4 is 35.0 Å². The second kappa shape index (κ2) is 7.08. The zero-order valence-corrected chi connectivity index (χ0v) is 8.63. The average molecular weight is 211 g/mol. The highest BCUT2D eigenvalue weighted by atomic mass is 35.5. The van der Waals surface area contributed by atoms with Gasteiger partial charge in [0.1, 0.15) is 0 Å². The van der Waals surface area contributed by atoms with E-state index in [9.17, 15) is 0 Å². The van der Waals surface area contributed by atoms with Gasteiger partial charge in [-0.15, -0.1) is 48.1 Å². The van der Waals surface area contributed by atoms with E-state index < -0.39 is 0 Å². The molecule has 0 amide bonds. The van der Waals surface area contributed by atoms with E-state index in [1.165, 1.54) is 0 Å². The maximum absolute atomic E-state index is 5.66. The molecular weight excluding hydrogens is 199 g/mol. The molecule has 0 rings (SSSR count). The number of halogens is 2. The first-order chi connectivity index (χ1) is 5.28. The van der Waals surface area contributed by atoms with Crippen molar-refractivity contribution in [3.63, 3.8) is 0 Å². The SMILES string of the molecule is C=CC(CCl)SC(C=C)CCl. The van der Waals surface area contributed by atoms with E-state index in [4.69, 9.17) is 23.2 Å². The first-order valence-corrected chi connectivity index (χ1v) is 5.32. The lowest BCUT2D eigenvalue weighted by Crippen LogP contribution is -2.09. The number of hydrogen-bond acceptors (Lipinski definition) is 1. The Morgan fingerprint density at radius 3 is 1.64 bits per heavy atom. The zero-order valence-electron chi connectivity index (χ0n) is 6.30. The molecule has 0 bridgehead atoms. The lowest BCUT2D eigenvalue weighted by molar-refractivity contribution is 1.20. The third-order valence-electron chi connectivity index (χ3n) is 1.18. The lowest BCUT2D eigenvalue weighted by Gasteiger charge is -2.13. The second-order valence-corrected chi connectivity index (χ2v) is 4.09. The van der Waals surface area contributed by atoms with E-state index in [2.05, 4.69) is 13.2 Å². The monoisotopic (exact) mass is 210 g/mol. The molecular formula is C8H12Cl2S. The van der Waals surface area contributed by atoms with Crippen molar-refractivity contribution in [2.24, 2.45) is 0 Å². The normalized spacial score (nSPS) is 15.5. The molecule has 0 radical (unpaired) electrons. The quantitative estimate of drug-likeness (QED) is 0.479.